The third kappa shape index (κ3) is 4.26. The number of aliphatic carboxylic acids is 1. The molecule has 0 aromatic heterocycles. The molecule has 0 saturated carbocycles. The quantitative estimate of drug-likeness (QED) is 0.551. The minimum atomic E-state index is -0.914. The third-order valence-electron chi connectivity index (χ3n) is 2.07. The van der Waals surface area contributed by atoms with E-state index >= 15 is 0 Å². The van der Waals surface area contributed by atoms with Gasteiger partial charge in [-0.2, -0.15) is 0 Å². The molecule has 0 radical (unpaired) electrons. The summed E-state index contributed by atoms with van der Waals surface area (Å²) in [6.45, 7) is 3.49. The van der Waals surface area contributed by atoms with Crippen molar-refractivity contribution in [2.75, 3.05) is 14.2 Å². The van der Waals surface area contributed by atoms with Crippen LogP contribution >= 0.6 is 11.6 Å². The van der Waals surface area contributed by atoms with E-state index in [4.69, 9.17) is 26.2 Å². The molecule has 1 atom stereocenters. The molecule has 0 saturated heterocycles. The molecule has 0 bridgehead atoms. The highest BCUT2D eigenvalue weighted by Crippen LogP contribution is 2.31. The highest BCUT2D eigenvalue weighted by Gasteiger charge is 2.36. The van der Waals surface area contributed by atoms with Gasteiger partial charge in [-0.3, -0.25) is 4.79 Å². The van der Waals surface area contributed by atoms with E-state index in [1.54, 1.807) is 13.8 Å². The van der Waals surface area contributed by atoms with Gasteiger partial charge in [0.25, 0.3) is 0 Å². The van der Waals surface area contributed by atoms with Crippen molar-refractivity contribution in [2.45, 2.75) is 31.4 Å². The summed E-state index contributed by atoms with van der Waals surface area (Å²) in [7, 11) is 2.93. The van der Waals surface area contributed by atoms with Gasteiger partial charge in [-0.1, -0.05) is 0 Å². The van der Waals surface area contributed by atoms with E-state index in [0.717, 1.165) is 0 Å². The zero-order valence-corrected chi connectivity index (χ0v) is 9.67. The molecule has 5 heteroatoms. The van der Waals surface area contributed by atoms with E-state index in [9.17, 15) is 4.79 Å². The van der Waals surface area contributed by atoms with Gasteiger partial charge in [0.2, 0.25) is 0 Å². The Balaban J connectivity index is 4.61. The second-order valence-electron chi connectivity index (χ2n) is 3.61. The van der Waals surface area contributed by atoms with E-state index in [1.807, 2.05) is 0 Å². The van der Waals surface area contributed by atoms with Crippen LogP contribution in [0.2, 0.25) is 0 Å². The number of carboxylic acid groups (broad SMARTS) is 1. The van der Waals surface area contributed by atoms with Gasteiger partial charge in [-0.05, 0) is 13.8 Å². The van der Waals surface area contributed by atoms with Gasteiger partial charge in [0.1, 0.15) is 0 Å². The molecule has 4 nitrogen and oxygen atoms in total. The van der Waals surface area contributed by atoms with Crippen molar-refractivity contribution < 1.29 is 19.4 Å². The number of ether oxygens (including phenoxy) is 2. The van der Waals surface area contributed by atoms with Crippen LogP contribution in [0.25, 0.3) is 0 Å². The Morgan fingerprint density at radius 2 is 1.86 bits per heavy atom. The summed E-state index contributed by atoms with van der Waals surface area (Å²) >= 11 is 6.07. The fraction of sp³-hybridized carbons (Fsp3) is 0.889. The predicted molar refractivity (Wildman–Crippen MR) is 53.5 cm³/mol. The first-order chi connectivity index (χ1) is 6.32. The summed E-state index contributed by atoms with van der Waals surface area (Å²) in [6, 6.07) is 0. The molecule has 0 amide bonds. The Morgan fingerprint density at radius 1 is 1.43 bits per heavy atom. The van der Waals surface area contributed by atoms with Crippen LogP contribution in [0.1, 0.15) is 20.3 Å². The molecule has 14 heavy (non-hydrogen) atoms. The number of hydrogen-bond donors (Lipinski definition) is 1. The van der Waals surface area contributed by atoms with Crippen LogP contribution in [0.3, 0.4) is 0 Å². The Labute approximate surface area is 89.1 Å². The smallest absolute Gasteiger partial charge is 0.303 e. The number of halogens is 1. The second-order valence-corrected chi connectivity index (χ2v) is 4.58. The first kappa shape index (κ1) is 13.7. The highest BCUT2D eigenvalue weighted by atomic mass is 35.5. The first-order valence-corrected chi connectivity index (χ1v) is 4.67. The number of methoxy groups -OCH3 is 2. The molecule has 84 valence electrons. The molecule has 0 aromatic carbocycles. The van der Waals surface area contributed by atoms with Gasteiger partial charge in [0.15, 0.2) is 6.29 Å². The van der Waals surface area contributed by atoms with Crippen LogP contribution in [0.4, 0.5) is 0 Å². The zero-order chi connectivity index (χ0) is 11.4. The highest BCUT2D eigenvalue weighted by molar-refractivity contribution is 6.23. The molecule has 0 aliphatic carbocycles. The Morgan fingerprint density at radius 3 is 2.07 bits per heavy atom. The summed E-state index contributed by atoms with van der Waals surface area (Å²) < 4.78 is 10.0. The first-order valence-electron chi connectivity index (χ1n) is 4.29. The van der Waals surface area contributed by atoms with Crippen LogP contribution in [-0.4, -0.2) is 36.5 Å². The van der Waals surface area contributed by atoms with Gasteiger partial charge in [-0.25, -0.2) is 0 Å². The lowest BCUT2D eigenvalue weighted by atomic mass is 9.91. The van der Waals surface area contributed by atoms with Gasteiger partial charge < -0.3 is 14.6 Å². The van der Waals surface area contributed by atoms with Crippen molar-refractivity contribution in [2.24, 2.45) is 5.92 Å². The average Bonchev–Trinajstić information content (AvgIpc) is 2.02. The normalized spacial score (nSPS) is 14.4. The van der Waals surface area contributed by atoms with E-state index in [-0.39, 0.29) is 6.42 Å². The summed E-state index contributed by atoms with van der Waals surface area (Å²) in [4.78, 5) is 9.94. The second kappa shape index (κ2) is 5.53. The van der Waals surface area contributed by atoms with E-state index < -0.39 is 23.1 Å². The van der Waals surface area contributed by atoms with Crippen molar-refractivity contribution in [1.29, 1.82) is 0 Å². The van der Waals surface area contributed by atoms with Crippen LogP contribution in [-0.2, 0) is 14.3 Å². The monoisotopic (exact) mass is 224 g/mol. The van der Waals surface area contributed by atoms with Gasteiger partial charge >= 0.3 is 5.97 Å². The molecule has 0 spiro atoms. The molecule has 1 N–H and O–H groups in total. The standard InChI is InChI=1S/C9H17ClO4/c1-9(2,10)6(5-7(11)12)8(13-3)14-4/h6,8H,5H2,1-4H3,(H,11,12). The van der Waals surface area contributed by atoms with Crippen LogP contribution in [0.15, 0.2) is 0 Å². The number of carbonyl (C=O) groups is 1. The SMILES string of the molecule is COC(OC)C(CC(=O)O)C(C)(C)Cl. The Hall–Kier alpha value is -0.320. The molecule has 0 aliphatic rings. The Kier molecular flexibility index (Phi) is 5.41. The maximum atomic E-state index is 10.6. The van der Waals surface area contributed by atoms with Crippen molar-refractivity contribution in [3.05, 3.63) is 0 Å². The van der Waals surface area contributed by atoms with Crippen molar-refractivity contribution in [1.82, 2.24) is 0 Å². The number of rotatable bonds is 6. The third-order valence-corrected chi connectivity index (χ3v) is 2.35. The minimum absolute atomic E-state index is 0.0805. The fourth-order valence-electron chi connectivity index (χ4n) is 1.28. The largest absolute Gasteiger partial charge is 0.481 e. The van der Waals surface area contributed by atoms with Gasteiger partial charge in [-0.15, -0.1) is 11.6 Å². The average molecular weight is 225 g/mol. The van der Waals surface area contributed by atoms with E-state index in [0.29, 0.717) is 0 Å². The molecule has 0 aliphatic heterocycles. The summed E-state index contributed by atoms with van der Waals surface area (Å²) in [5.74, 6) is -1.31. The fourth-order valence-corrected chi connectivity index (χ4v) is 1.46. The predicted octanol–water partition coefficient (Wildman–Crippen LogP) is 1.71. The van der Waals surface area contributed by atoms with Crippen LogP contribution in [0, 0.1) is 5.92 Å². The van der Waals surface area contributed by atoms with E-state index in [2.05, 4.69) is 0 Å². The summed E-state index contributed by atoms with van der Waals surface area (Å²) in [5, 5.41) is 8.72. The lowest BCUT2D eigenvalue weighted by Crippen LogP contribution is -2.39. The van der Waals surface area contributed by atoms with Crippen molar-refractivity contribution >= 4 is 17.6 Å². The zero-order valence-electron chi connectivity index (χ0n) is 8.91. The summed E-state index contributed by atoms with van der Waals surface area (Å²) in [5.41, 5.74) is 0. The minimum Gasteiger partial charge on any atom is -0.481 e. The molecule has 0 rings (SSSR count). The lowest BCUT2D eigenvalue weighted by Gasteiger charge is -2.32. The van der Waals surface area contributed by atoms with Crippen LogP contribution in [0.5, 0.6) is 0 Å². The molecule has 0 aromatic rings. The molecule has 0 fully saturated rings. The molecular weight excluding hydrogens is 208 g/mol. The van der Waals surface area contributed by atoms with Crippen molar-refractivity contribution in [3.63, 3.8) is 0 Å². The lowest BCUT2D eigenvalue weighted by molar-refractivity contribution is -0.159. The van der Waals surface area contributed by atoms with E-state index in [1.165, 1.54) is 14.2 Å². The van der Waals surface area contributed by atoms with Gasteiger partial charge in [0.05, 0.1) is 6.42 Å². The number of carboxylic acids is 1. The molecular formula is C9H17ClO4. The van der Waals surface area contributed by atoms with Gasteiger partial charge in [0, 0.05) is 25.0 Å². The number of hydrogen-bond acceptors (Lipinski definition) is 3. The molecule has 0 heterocycles. The molecule has 1 unspecified atom stereocenters. The maximum absolute atomic E-state index is 10.6. The summed E-state index contributed by atoms with van der Waals surface area (Å²) in [6.07, 6.45) is -0.679. The number of alkyl halides is 1. The topological polar surface area (TPSA) is 55.8 Å². The maximum Gasteiger partial charge on any atom is 0.303 e. The van der Waals surface area contributed by atoms with Crippen LogP contribution < -0.4 is 0 Å². The Bertz CT molecular complexity index is 184. The van der Waals surface area contributed by atoms with Crippen molar-refractivity contribution in [3.8, 4) is 0 Å².